The zero-order valence-corrected chi connectivity index (χ0v) is 12.4. The minimum Gasteiger partial charge on any atom is -0.493 e. The highest BCUT2D eigenvalue weighted by molar-refractivity contribution is 5.78. The third-order valence-electron chi connectivity index (χ3n) is 3.27. The smallest absolute Gasteiger partial charge is 0.323 e. The molecule has 0 amide bonds. The highest BCUT2D eigenvalue weighted by atomic mass is 16.6. The first-order chi connectivity index (χ1) is 9.80. The number of nitrogens with one attached hydrogen (secondary N) is 1. The molecule has 0 saturated heterocycles. The molecule has 0 heterocycles. The summed E-state index contributed by atoms with van der Waals surface area (Å²) in [4.78, 5) is 21.4. The molecule has 1 aromatic carbocycles. The Kier molecular flexibility index (Phi) is 5.66. The molecule has 0 bridgehead atoms. The molecule has 1 rings (SSSR count). The normalized spacial score (nSPS) is 13.5. The maximum Gasteiger partial charge on any atom is 0.323 e. The Balaban J connectivity index is 2.67. The molecule has 0 aliphatic rings. The first-order valence-corrected chi connectivity index (χ1v) is 6.66. The van der Waals surface area contributed by atoms with Crippen LogP contribution in [-0.2, 0) is 4.79 Å². The number of non-ortho nitro benzene ring substituents is 1. The molecule has 0 fully saturated rings. The lowest BCUT2D eigenvalue weighted by Crippen LogP contribution is -2.50. The van der Waals surface area contributed by atoms with Gasteiger partial charge in [0.1, 0.15) is 11.3 Å². The van der Waals surface area contributed by atoms with Crippen LogP contribution in [0.1, 0.15) is 25.8 Å². The number of aryl methyl sites for hydroxylation is 1. The van der Waals surface area contributed by atoms with Crippen LogP contribution in [0.4, 0.5) is 5.69 Å². The standard InChI is InChI=1S/C14H20N2O5/c1-4-15-14(3,13(17)18)7-8-21-12-6-5-11(16(19)20)9-10(12)2/h5-6,9,15H,4,7-8H2,1-3H3,(H,17,18). The van der Waals surface area contributed by atoms with Gasteiger partial charge in [-0.15, -0.1) is 0 Å². The Hall–Kier alpha value is -2.15. The lowest BCUT2D eigenvalue weighted by Gasteiger charge is -2.25. The molecule has 1 atom stereocenters. The lowest BCUT2D eigenvalue weighted by molar-refractivity contribution is -0.384. The molecule has 7 heteroatoms. The third-order valence-corrected chi connectivity index (χ3v) is 3.27. The number of benzene rings is 1. The van der Waals surface area contributed by atoms with Gasteiger partial charge in [0, 0.05) is 18.6 Å². The molecule has 0 radical (unpaired) electrons. The second kappa shape index (κ2) is 7.03. The number of likely N-dealkylation sites (N-methyl/N-ethyl adjacent to an activating group) is 1. The number of hydrogen-bond donors (Lipinski definition) is 2. The Morgan fingerprint density at radius 2 is 2.19 bits per heavy atom. The van der Waals surface area contributed by atoms with Gasteiger partial charge < -0.3 is 15.2 Å². The van der Waals surface area contributed by atoms with Gasteiger partial charge in [-0.3, -0.25) is 14.9 Å². The van der Waals surface area contributed by atoms with E-state index in [1.165, 1.54) is 18.2 Å². The van der Waals surface area contributed by atoms with Gasteiger partial charge in [-0.2, -0.15) is 0 Å². The Morgan fingerprint density at radius 1 is 1.52 bits per heavy atom. The average molecular weight is 296 g/mol. The molecule has 7 nitrogen and oxygen atoms in total. The Morgan fingerprint density at radius 3 is 2.67 bits per heavy atom. The zero-order chi connectivity index (χ0) is 16.0. The van der Waals surface area contributed by atoms with E-state index in [2.05, 4.69) is 5.32 Å². The van der Waals surface area contributed by atoms with Gasteiger partial charge in [0.15, 0.2) is 0 Å². The van der Waals surface area contributed by atoms with Crippen molar-refractivity contribution in [2.24, 2.45) is 0 Å². The first kappa shape index (κ1) is 16.9. The SMILES string of the molecule is CCNC(C)(CCOc1ccc([N+](=O)[O-])cc1C)C(=O)O. The summed E-state index contributed by atoms with van der Waals surface area (Å²) in [6.07, 6.45) is 0.284. The van der Waals surface area contributed by atoms with Gasteiger partial charge >= 0.3 is 5.97 Å². The molecule has 1 aromatic rings. The van der Waals surface area contributed by atoms with Crippen molar-refractivity contribution < 1.29 is 19.6 Å². The Bertz CT molecular complexity index is 532. The number of ether oxygens (including phenoxy) is 1. The molecule has 21 heavy (non-hydrogen) atoms. The van der Waals surface area contributed by atoms with Crippen LogP contribution in [0.25, 0.3) is 0 Å². The number of carboxylic acids is 1. The van der Waals surface area contributed by atoms with Crippen molar-refractivity contribution in [3.8, 4) is 5.75 Å². The molecular formula is C14H20N2O5. The topological polar surface area (TPSA) is 102 Å². The molecule has 1 unspecified atom stereocenters. The number of hydrogen-bond acceptors (Lipinski definition) is 5. The summed E-state index contributed by atoms with van der Waals surface area (Å²) in [5.41, 5.74) is -0.406. The molecule has 0 aromatic heterocycles. The van der Waals surface area contributed by atoms with Crippen molar-refractivity contribution >= 4 is 11.7 Å². The molecular weight excluding hydrogens is 276 g/mol. The fourth-order valence-corrected chi connectivity index (χ4v) is 1.94. The molecule has 2 N–H and O–H groups in total. The van der Waals surface area contributed by atoms with E-state index in [1.54, 1.807) is 13.8 Å². The summed E-state index contributed by atoms with van der Waals surface area (Å²) in [5, 5.41) is 22.8. The maximum absolute atomic E-state index is 11.2. The van der Waals surface area contributed by atoms with Gasteiger partial charge in [-0.25, -0.2) is 0 Å². The number of nitro benzene ring substituents is 1. The number of nitrogens with zero attached hydrogens (tertiary/aromatic N) is 1. The van der Waals surface area contributed by atoms with Crippen molar-refractivity contribution in [2.45, 2.75) is 32.7 Å². The maximum atomic E-state index is 11.2. The highest BCUT2D eigenvalue weighted by Crippen LogP contribution is 2.23. The molecule has 0 saturated carbocycles. The van der Waals surface area contributed by atoms with Crippen molar-refractivity contribution in [2.75, 3.05) is 13.2 Å². The Labute approximate surface area is 123 Å². The van der Waals surface area contributed by atoms with Crippen molar-refractivity contribution in [1.29, 1.82) is 0 Å². The van der Waals surface area contributed by atoms with Crippen molar-refractivity contribution in [3.05, 3.63) is 33.9 Å². The van der Waals surface area contributed by atoms with Crippen LogP contribution < -0.4 is 10.1 Å². The highest BCUT2D eigenvalue weighted by Gasteiger charge is 2.31. The number of carboxylic acid groups (broad SMARTS) is 1. The van der Waals surface area contributed by atoms with Crippen LogP contribution in [0.15, 0.2) is 18.2 Å². The summed E-state index contributed by atoms with van der Waals surface area (Å²) in [7, 11) is 0. The molecule has 0 spiro atoms. The van der Waals surface area contributed by atoms with Gasteiger partial charge in [-0.05, 0) is 32.0 Å². The zero-order valence-electron chi connectivity index (χ0n) is 12.4. The fraction of sp³-hybridized carbons (Fsp3) is 0.500. The number of nitro groups is 1. The number of aliphatic carboxylic acids is 1. The fourth-order valence-electron chi connectivity index (χ4n) is 1.94. The van der Waals surface area contributed by atoms with E-state index in [0.29, 0.717) is 17.9 Å². The predicted octanol–water partition coefficient (Wildman–Crippen LogP) is 2.12. The first-order valence-electron chi connectivity index (χ1n) is 6.66. The van der Waals surface area contributed by atoms with E-state index in [0.717, 1.165) is 0 Å². The summed E-state index contributed by atoms with van der Waals surface area (Å²) < 4.78 is 5.54. The van der Waals surface area contributed by atoms with Crippen LogP contribution in [0.2, 0.25) is 0 Å². The predicted molar refractivity (Wildman–Crippen MR) is 77.7 cm³/mol. The van der Waals surface area contributed by atoms with Crippen LogP contribution in [0.3, 0.4) is 0 Å². The lowest BCUT2D eigenvalue weighted by atomic mass is 9.98. The van der Waals surface area contributed by atoms with Crippen LogP contribution in [0, 0.1) is 17.0 Å². The van der Waals surface area contributed by atoms with E-state index in [4.69, 9.17) is 4.74 Å². The minimum absolute atomic E-state index is 0.00266. The monoisotopic (exact) mass is 296 g/mol. The number of carbonyl (C=O) groups is 1. The van der Waals surface area contributed by atoms with Crippen LogP contribution >= 0.6 is 0 Å². The van der Waals surface area contributed by atoms with Crippen molar-refractivity contribution in [1.82, 2.24) is 5.32 Å². The summed E-state index contributed by atoms with van der Waals surface area (Å²) in [6, 6.07) is 4.32. The summed E-state index contributed by atoms with van der Waals surface area (Å²) >= 11 is 0. The molecule has 0 aliphatic carbocycles. The van der Waals surface area contributed by atoms with Gasteiger partial charge in [0.2, 0.25) is 0 Å². The quantitative estimate of drug-likeness (QED) is 0.563. The van der Waals surface area contributed by atoms with E-state index in [9.17, 15) is 20.0 Å². The van der Waals surface area contributed by atoms with Gasteiger partial charge in [0.25, 0.3) is 5.69 Å². The van der Waals surface area contributed by atoms with E-state index < -0.39 is 16.4 Å². The second-order valence-corrected chi connectivity index (χ2v) is 4.97. The average Bonchev–Trinajstić information content (AvgIpc) is 2.40. The molecule has 0 aliphatic heterocycles. The van der Waals surface area contributed by atoms with E-state index in [-0.39, 0.29) is 18.7 Å². The summed E-state index contributed by atoms with van der Waals surface area (Å²) in [5.74, 6) is -0.418. The second-order valence-electron chi connectivity index (χ2n) is 4.97. The largest absolute Gasteiger partial charge is 0.493 e. The van der Waals surface area contributed by atoms with E-state index >= 15 is 0 Å². The van der Waals surface area contributed by atoms with Gasteiger partial charge in [0.05, 0.1) is 11.5 Å². The van der Waals surface area contributed by atoms with Crippen LogP contribution in [0.5, 0.6) is 5.75 Å². The third kappa shape index (κ3) is 4.42. The molecule has 116 valence electrons. The minimum atomic E-state index is -1.05. The summed E-state index contributed by atoms with van der Waals surface area (Å²) in [6.45, 7) is 5.89. The van der Waals surface area contributed by atoms with E-state index in [1.807, 2.05) is 6.92 Å². The van der Waals surface area contributed by atoms with Crippen molar-refractivity contribution in [3.63, 3.8) is 0 Å². The number of rotatable bonds is 8. The van der Waals surface area contributed by atoms with Crippen LogP contribution in [-0.4, -0.2) is 34.7 Å². The van der Waals surface area contributed by atoms with Gasteiger partial charge in [-0.1, -0.05) is 6.92 Å².